The average molecular weight is 340 g/mol. The lowest BCUT2D eigenvalue weighted by Crippen LogP contribution is -2.35. The molecule has 0 aromatic heterocycles. The van der Waals surface area contributed by atoms with E-state index in [1.807, 2.05) is 12.1 Å². The van der Waals surface area contributed by atoms with Crippen molar-refractivity contribution in [1.29, 1.82) is 5.26 Å². The number of ether oxygens (including phenoxy) is 1. The SMILES string of the molecule is N#CCCN(C(=O)COC(=O)Cc1ccc(F)cc1)c1ccccc1. The van der Waals surface area contributed by atoms with E-state index in [2.05, 4.69) is 0 Å². The number of benzene rings is 2. The number of para-hydroxylation sites is 1. The molecule has 0 atom stereocenters. The number of carbonyl (C=O) groups is 2. The van der Waals surface area contributed by atoms with E-state index in [0.717, 1.165) is 0 Å². The van der Waals surface area contributed by atoms with Gasteiger partial charge in [0.05, 0.1) is 18.9 Å². The largest absolute Gasteiger partial charge is 0.455 e. The van der Waals surface area contributed by atoms with Gasteiger partial charge in [0.25, 0.3) is 5.91 Å². The monoisotopic (exact) mass is 340 g/mol. The van der Waals surface area contributed by atoms with Gasteiger partial charge < -0.3 is 9.64 Å². The third-order valence-electron chi connectivity index (χ3n) is 3.43. The Morgan fingerprint density at radius 2 is 1.76 bits per heavy atom. The van der Waals surface area contributed by atoms with Crippen LogP contribution in [0.15, 0.2) is 54.6 Å². The van der Waals surface area contributed by atoms with Gasteiger partial charge in [0.2, 0.25) is 0 Å². The summed E-state index contributed by atoms with van der Waals surface area (Å²) < 4.78 is 17.9. The predicted octanol–water partition coefficient (Wildman–Crippen LogP) is 2.86. The number of halogens is 1. The molecule has 2 aromatic carbocycles. The Morgan fingerprint density at radius 1 is 1.08 bits per heavy atom. The van der Waals surface area contributed by atoms with E-state index in [1.165, 1.54) is 29.2 Å². The van der Waals surface area contributed by atoms with Gasteiger partial charge in [-0.25, -0.2) is 4.39 Å². The fraction of sp³-hybridized carbons (Fsp3) is 0.211. The van der Waals surface area contributed by atoms with E-state index in [4.69, 9.17) is 10.00 Å². The zero-order chi connectivity index (χ0) is 18.1. The van der Waals surface area contributed by atoms with Gasteiger partial charge in [-0.3, -0.25) is 9.59 Å². The van der Waals surface area contributed by atoms with Gasteiger partial charge in [-0.2, -0.15) is 5.26 Å². The number of anilines is 1. The molecule has 5 nitrogen and oxygen atoms in total. The fourth-order valence-corrected chi connectivity index (χ4v) is 2.21. The molecule has 0 fully saturated rings. The van der Waals surface area contributed by atoms with Gasteiger partial charge in [-0.05, 0) is 29.8 Å². The summed E-state index contributed by atoms with van der Waals surface area (Å²) >= 11 is 0. The molecule has 0 aliphatic carbocycles. The van der Waals surface area contributed by atoms with Crippen molar-refractivity contribution in [3.05, 3.63) is 66.0 Å². The molecule has 0 aliphatic rings. The molecule has 0 spiro atoms. The second-order valence-electron chi connectivity index (χ2n) is 5.25. The van der Waals surface area contributed by atoms with Crippen LogP contribution < -0.4 is 4.90 Å². The number of hydrogen-bond acceptors (Lipinski definition) is 4. The van der Waals surface area contributed by atoms with Crippen molar-refractivity contribution in [2.75, 3.05) is 18.1 Å². The molecule has 25 heavy (non-hydrogen) atoms. The second kappa shape index (κ2) is 9.18. The number of nitriles is 1. The molecule has 128 valence electrons. The Balaban J connectivity index is 1.92. The minimum Gasteiger partial charge on any atom is -0.455 e. The molecule has 0 unspecified atom stereocenters. The van der Waals surface area contributed by atoms with Crippen molar-refractivity contribution in [3.8, 4) is 6.07 Å². The van der Waals surface area contributed by atoms with E-state index >= 15 is 0 Å². The van der Waals surface area contributed by atoms with Crippen LogP contribution in [-0.2, 0) is 20.7 Å². The first kappa shape index (κ1) is 18.1. The Morgan fingerprint density at radius 3 is 2.40 bits per heavy atom. The molecule has 0 saturated heterocycles. The molecule has 6 heteroatoms. The van der Waals surface area contributed by atoms with E-state index in [-0.39, 0.29) is 25.2 Å². The highest BCUT2D eigenvalue weighted by Gasteiger charge is 2.17. The average Bonchev–Trinajstić information content (AvgIpc) is 2.63. The molecule has 1 amide bonds. The number of rotatable bonds is 7. The molecule has 2 aromatic rings. The van der Waals surface area contributed by atoms with E-state index in [1.54, 1.807) is 24.3 Å². The van der Waals surface area contributed by atoms with Gasteiger partial charge in [-0.15, -0.1) is 0 Å². The molecule has 0 aliphatic heterocycles. The molecule has 0 saturated carbocycles. The molecule has 0 bridgehead atoms. The zero-order valence-electron chi connectivity index (χ0n) is 13.5. The van der Waals surface area contributed by atoms with Crippen molar-refractivity contribution in [2.24, 2.45) is 0 Å². The summed E-state index contributed by atoms with van der Waals surface area (Å²) in [5.41, 5.74) is 1.24. The number of carbonyl (C=O) groups excluding carboxylic acids is 2. The number of amides is 1. The summed E-state index contributed by atoms with van der Waals surface area (Å²) in [7, 11) is 0. The molecule has 0 heterocycles. The third kappa shape index (κ3) is 5.74. The van der Waals surface area contributed by atoms with Crippen LogP contribution in [0.3, 0.4) is 0 Å². The minimum atomic E-state index is -0.576. The zero-order valence-corrected chi connectivity index (χ0v) is 13.5. The van der Waals surface area contributed by atoms with Gasteiger partial charge in [0.1, 0.15) is 5.82 Å². The van der Waals surface area contributed by atoms with Crippen molar-refractivity contribution >= 4 is 17.6 Å². The predicted molar refractivity (Wildman–Crippen MR) is 90.1 cm³/mol. The van der Waals surface area contributed by atoms with Crippen LogP contribution in [-0.4, -0.2) is 25.0 Å². The lowest BCUT2D eigenvalue weighted by molar-refractivity contribution is -0.147. The Kier molecular flexibility index (Phi) is 6.66. The Labute approximate surface area is 145 Å². The topological polar surface area (TPSA) is 70.4 Å². The van der Waals surface area contributed by atoms with Gasteiger partial charge in [0, 0.05) is 12.2 Å². The summed E-state index contributed by atoms with van der Waals surface area (Å²) in [4.78, 5) is 25.6. The Hall–Kier alpha value is -3.20. The summed E-state index contributed by atoms with van der Waals surface area (Å²) in [5.74, 6) is -1.37. The van der Waals surface area contributed by atoms with Crippen LogP contribution in [0.5, 0.6) is 0 Å². The van der Waals surface area contributed by atoms with Crippen LogP contribution in [0.25, 0.3) is 0 Å². The maximum Gasteiger partial charge on any atom is 0.310 e. The van der Waals surface area contributed by atoms with Crippen molar-refractivity contribution < 1.29 is 18.7 Å². The molecule has 2 rings (SSSR count). The summed E-state index contributed by atoms with van der Waals surface area (Å²) in [5, 5.41) is 8.75. The summed E-state index contributed by atoms with van der Waals surface area (Å²) in [6.45, 7) is -0.199. The summed E-state index contributed by atoms with van der Waals surface area (Å²) in [6.07, 6.45) is 0.126. The smallest absolute Gasteiger partial charge is 0.310 e. The highest BCUT2D eigenvalue weighted by atomic mass is 19.1. The first-order valence-electron chi connectivity index (χ1n) is 7.72. The first-order valence-corrected chi connectivity index (χ1v) is 7.72. The normalized spacial score (nSPS) is 9.92. The van der Waals surface area contributed by atoms with E-state index < -0.39 is 18.5 Å². The van der Waals surface area contributed by atoms with Crippen molar-refractivity contribution in [3.63, 3.8) is 0 Å². The maximum atomic E-state index is 12.8. The maximum absolute atomic E-state index is 12.8. The molecular weight excluding hydrogens is 323 g/mol. The minimum absolute atomic E-state index is 0.0446. The second-order valence-corrected chi connectivity index (χ2v) is 5.25. The fourth-order valence-electron chi connectivity index (χ4n) is 2.21. The van der Waals surface area contributed by atoms with E-state index in [9.17, 15) is 14.0 Å². The standard InChI is InChI=1S/C19H17FN2O3/c20-16-9-7-15(8-10-16)13-19(24)25-14-18(23)22(12-4-11-21)17-5-2-1-3-6-17/h1-3,5-10H,4,12-14H2. The highest BCUT2D eigenvalue weighted by Crippen LogP contribution is 2.14. The van der Waals surface area contributed by atoms with Gasteiger partial charge >= 0.3 is 5.97 Å². The van der Waals surface area contributed by atoms with Crippen LogP contribution in [0.1, 0.15) is 12.0 Å². The lowest BCUT2D eigenvalue weighted by atomic mass is 10.1. The molecular formula is C19H17FN2O3. The summed E-state index contributed by atoms with van der Waals surface area (Å²) in [6, 6.07) is 16.4. The van der Waals surface area contributed by atoms with Crippen LogP contribution in [0, 0.1) is 17.1 Å². The number of esters is 1. The number of nitrogens with zero attached hydrogens (tertiary/aromatic N) is 2. The van der Waals surface area contributed by atoms with Crippen molar-refractivity contribution in [2.45, 2.75) is 12.8 Å². The quantitative estimate of drug-likeness (QED) is 0.727. The van der Waals surface area contributed by atoms with Crippen molar-refractivity contribution in [1.82, 2.24) is 0 Å². The number of hydrogen-bond donors (Lipinski definition) is 0. The Bertz CT molecular complexity index is 754. The first-order chi connectivity index (χ1) is 12.1. The molecule has 0 N–H and O–H groups in total. The van der Waals surface area contributed by atoms with Crippen LogP contribution >= 0.6 is 0 Å². The molecule has 0 radical (unpaired) electrons. The lowest BCUT2D eigenvalue weighted by Gasteiger charge is -2.21. The van der Waals surface area contributed by atoms with Crippen LogP contribution in [0.2, 0.25) is 0 Å². The highest BCUT2D eigenvalue weighted by molar-refractivity contribution is 5.95. The van der Waals surface area contributed by atoms with Crippen LogP contribution in [0.4, 0.5) is 10.1 Å². The van der Waals surface area contributed by atoms with Gasteiger partial charge in [-0.1, -0.05) is 30.3 Å². The van der Waals surface area contributed by atoms with Gasteiger partial charge in [0.15, 0.2) is 6.61 Å². The third-order valence-corrected chi connectivity index (χ3v) is 3.43. The van der Waals surface area contributed by atoms with E-state index in [0.29, 0.717) is 11.3 Å².